The molecule has 0 aliphatic heterocycles. The summed E-state index contributed by atoms with van der Waals surface area (Å²) in [6.07, 6.45) is 4.65. The Bertz CT molecular complexity index is 435. The first kappa shape index (κ1) is 10.9. The van der Waals surface area contributed by atoms with Gasteiger partial charge in [-0.25, -0.2) is 0 Å². The first-order valence-electron chi connectivity index (χ1n) is 4.58. The lowest BCUT2D eigenvalue weighted by atomic mass is 10.1. The Balaban J connectivity index is 2.90. The van der Waals surface area contributed by atoms with Gasteiger partial charge in [-0.05, 0) is 30.7 Å². The average molecular weight is 197 g/mol. The van der Waals surface area contributed by atoms with Gasteiger partial charge in [0.25, 0.3) is 0 Å². The molecule has 0 atom stereocenters. The van der Waals surface area contributed by atoms with Crippen molar-refractivity contribution in [3.8, 4) is 6.07 Å². The van der Waals surface area contributed by atoms with Crippen molar-refractivity contribution in [3.63, 3.8) is 0 Å². The number of benzene rings is 1. The highest BCUT2D eigenvalue weighted by Crippen LogP contribution is 2.06. The van der Waals surface area contributed by atoms with Gasteiger partial charge in [0.15, 0.2) is 5.78 Å². The molecule has 0 bridgehead atoms. The summed E-state index contributed by atoms with van der Waals surface area (Å²) in [5.41, 5.74) is 1.42. The summed E-state index contributed by atoms with van der Waals surface area (Å²) >= 11 is 0. The summed E-state index contributed by atoms with van der Waals surface area (Å²) in [5.74, 6) is -0.0655. The topological polar surface area (TPSA) is 40.9 Å². The normalized spacial score (nSPS) is 11.3. The molecule has 0 aromatic heterocycles. The largest absolute Gasteiger partial charge is 0.295 e. The van der Waals surface area contributed by atoms with E-state index in [-0.39, 0.29) is 5.78 Å². The number of nitriles is 1. The predicted octanol–water partition coefficient (Wildman–Crippen LogP) is 2.74. The van der Waals surface area contributed by atoms with Gasteiger partial charge in [0.2, 0.25) is 0 Å². The molecular formula is C13H11NO. The number of hydrogen-bond acceptors (Lipinski definition) is 2. The highest BCUT2D eigenvalue weighted by atomic mass is 16.1. The molecule has 15 heavy (non-hydrogen) atoms. The quantitative estimate of drug-likeness (QED) is 0.424. The van der Waals surface area contributed by atoms with E-state index in [1.807, 2.05) is 36.4 Å². The zero-order valence-electron chi connectivity index (χ0n) is 8.47. The molecule has 1 aromatic rings. The van der Waals surface area contributed by atoms with Gasteiger partial charge in [0.05, 0.1) is 11.6 Å². The minimum absolute atomic E-state index is 0.0655. The monoisotopic (exact) mass is 197 g/mol. The first-order valence-corrected chi connectivity index (χ1v) is 4.58. The summed E-state index contributed by atoms with van der Waals surface area (Å²) in [4.78, 5) is 10.7. The van der Waals surface area contributed by atoms with Crippen molar-refractivity contribution in [1.29, 1.82) is 5.26 Å². The van der Waals surface area contributed by atoms with Crippen molar-refractivity contribution in [1.82, 2.24) is 0 Å². The van der Waals surface area contributed by atoms with Crippen LogP contribution in [0.2, 0.25) is 0 Å². The molecule has 0 unspecified atom stereocenters. The van der Waals surface area contributed by atoms with Gasteiger partial charge < -0.3 is 0 Å². The third kappa shape index (κ3) is 4.06. The van der Waals surface area contributed by atoms with Crippen LogP contribution in [0.3, 0.4) is 0 Å². The maximum Gasteiger partial charge on any atom is 0.152 e. The molecule has 2 nitrogen and oxygen atoms in total. The lowest BCUT2D eigenvalue weighted by Crippen LogP contribution is -1.81. The van der Waals surface area contributed by atoms with E-state index in [4.69, 9.17) is 5.26 Å². The molecule has 74 valence electrons. The van der Waals surface area contributed by atoms with Crippen molar-refractivity contribution in [2.24, 2.45) is 0 Å². The lowest BCUT2D eigenvalue weighted by molar-refractivity contribution is -0.112. The maximum absolute atomic E-state index is 10.7. The average Bonchev–Trinajstić information content (AvgIpc) is 2.25. The number of allylic oxidation sites excluding steroid dienone is 3. The zero-order valence-corrected chi connectivity index (χ0v) is 8.47. The van der Waals surface area contributed by atoms with Crippen LogP contribution in [0.4, 0.5) is 0 Å². The molecule has 1 rings (SSSR count). The smallest absolute Gasteiger partial charge is 0.152 e. The van der Waals surface area contributed by atoms with Crippen LogP contribution >= 0.6 is 0 Å². The molecule has 0 heterocycles. The van der Waals surface area contributed by atoms with Crippen molar-refractivity contribution in [3.05, 3.63) is 53.6 Å². The van der Waals surface area contributed by atoms with Crippen molar-refractivity contribution in [2.75, 3.05) is 0 Å². The van der Waals surface area contributed by atoms with Gasteiger partial charge in [0, 0.05) is 0 Å². The van der Waals surface area contributed by atoms with Gasteiger partial charge in [-0.2, -0.15) is 5.26 Å². The van der Waals surface area contributed by atoms with E-state index in [1.165, 1.54) is 19.1 Å². The molecule has 1 aromatic carbocycles. The standard InChI is InChI=1S/C13H11NO/c1-11(15)7-8-13(10-14)9-12-5-3-2-4-6-12/h2-9H,1H3. The number of carbonyl (C=O) groups excluding carboxylic acids is 1. The second-order valence-electron chi connectivity index (χ2n) is 3.07. The summed E-state index contributed by atoms with van der Waals surface area (Å²) < 4.78 is 0. The van der Waals surface area contributed by atoms with E-state index < -0.39 is 0 Å². The van der Waals surface area contributed by atoms with Crippen LogP contribution in [0.15, 0.2) is 48.1 Å². The molecule has 0 spiro atoms. The summed E-state index contributed by atoms with van der Waals surface area (Å²) in [7, 11) is 0. The molecular weight excluding hydrogens is 186 g/mol. The third-order valence-corrected chi connectivity index (χ3v) is 1.75. The Kier molecular flexibility index (Phi) is 4.05. The Labute approximate surface area is 89.2 Å². The van der Waals surface area contributed by atoms with Crippen LogP contribution in [0.1, 0.15) is 12.5 Å². The van der Waals surface area contributed by atoms with Gasteiger partial charge in [-0.1, -0.05) is 30.3 Å². The fourth-order valence-electron chi connectivity index (χ4n) is 1.05. The lowest BCUT2D eigenvalue weighted by Gasteiger charge is -1.92. The third-order valence-electron chi connectivity index (χ3n) is 1.75. The van der Waals surface area contributed by atoms with Crippen LogP contribution in [0.25, 0.3) is 6.08 Å². The second-order valence-corrected chi connectivity index (χ2v) is 3.07. The molecule has 0 aliphatic carbocycles. The molecule has 0 aliphatic rings. The summed E-state index contributed by atoms with van der Waals surface area (Å²) in [5, 5.41) is 8.82. The molecule has 2 heteroatoms. The Morgan fingerprint density at radius 3 is 2.47 bits per heavy atom. The Morgan fingerprint density at radius 1 is 1.27 bits per heavy atom. The van der Waals surface area contributed by atoms with E-state index in [0.29, 0.717) is 5.57 Å². The van der Waals surface area contributed by atoms with Gasteiger partial charge in [-0.15, -0.1) is 0 Å². The predicted molar refractivity (Wildman–Crippen MR) is 59.9 cm³/mol. The summed E-state index contributed by atoms with van der Waals surface area (Å²) in [6, 6.07) is 11.5. The van der Waals surface area contributed by atoms with Gasteiger partial charge >= 0.3 is 0 Å². The number of hydrogen-bond donors (Lipinski definition) is 0. The van der Waals surface area contributed by atoms with Gasteiger partial charge in [0.1, 0.15) is 0 Å². The van der Waals surface area contributed by atoms with Crippen molar-refractivity contribution >= 4 is 11.9 Å². The number of rotatable bonds is 3. The highest BCUT2D eigenvalue weighted by molar-refractivity contribution is 5.88. The van der Waals surface area contributed by atoms with Crippen LogP contribution < -0.4 is 0 Å². The Morgan fingerprint density at radius 2 is 1.93 bits per heavy atom. The SMILES string of the molecule is CC(=O)C=CC(C#N)=Cc1ccccc1. The molecule has 0 N–H and O–H groups in total. The number of ketones is 1. The molecule has 0 amide bonds. The zero-order chi connectivity index (χ0) is 11.1. The van der Waals surface area contributed by atoms with E-state index in [0.717, 1.165) is 5.56 Å². The maximum atomic E-state index is 10.7. The minimum atomic E-state index is -0.0655. The van der Waals surface area contributed by atoms with Crippen molar-refractivity contribution < 1.29 is 4.79 Å². The van der Waals surface area contributed by atoms with Crippen LogP contribution in [0, 0.1) is 11.3 Å². The van der Waals surface area contributed by atoms with Crippen LogP contribution in [-0.2, 0) is 4.79 Å². The number of nitrogens with zero attached hydrogens (tertiary/aromatic N) is 1. The molecule has 0 saturated heterocycles. The van der Waals surface area contributed by atoms with E-state index >= 15 is 0 Å². The summed E-state index contributed by atoms with van der Waals surface area (Å²) in [6.45, 7) is 1.45. The minimum Gasteiger partial charge on any atom is -0.295 e. The Hall–Kier alpha value is -2.14. The first-order chi connectivity index (χ1) is 7.22. The molecule has 0 fully saturated rings. The highest BCUT2D eigenvalue weighted by Gasteiger charge is 1.91. The fraction of sp³-hybridized carbons (Fsp3) is 0.0769. The molecule has 0 radical (unpaired) electrons. The second kappa shape index (κ2) is 5.56. The van der Waals surface area contributed by atoms with E-state index in [2.05, 4.69) is 0 Å². The van der Waals surface area contributed by atoms with Gasteiger partial charge in [-0.3, -0.25) is 4.79 Å². The van der Waals surface area contributed by atoms with Crippen LogP contribution in [-0.4, -0.2) is 5.78 Å². The van der Waals surface area contributed by atoms with E-state index in [9.17, 15) is 4.79 Å². The van der Waals surface area contributed by atoms with Crippen LogP contribution in [0.5, 0.6) is 0 Å². The number of carbonyl (C=O) groups is 1. The van der Waals surface area contributed by atoms with E-state index in [1.54, 1.807) is 6.08 Å². The van der Waals surface area contributed by atoms with Crippen molar-refractivity contribution in [2.45, 2.75) is 6.92 Å². The molecule has 0 saturated carbocycles. The fourth-order valence-corrected chi connectivity index (χ4v) is 1.05.